The fraction of sp³-hybridized carbons (Fsp3) is 0. The monoisotopic (exact) mass is 267 g/mol. The van der Waals surface area contributed by atoms with Gasteiger partial charge in [0.15, 0.2) is 0 Å². The van der Waals surface area contributed by atoms with Gasteiger partial charge in [-0.2, -0.15) is 8.42 Å². The molecule has 94 valence electrons. The second-order valence-electron chi connectivity index (χ2n) is 3.54. The molecule has 0 spiro atoms. The highest BCUT2D eigenvalue weighted by molar-refractivity contribution is 7.86. The van der Waals surface area contributed by atoms with Gasteiger partial charge in [0.1, 0.15) is 4.90 Å². The van der Waals surface area contributed by atoms with E-state index in [1.54, 1.807) is 6.07 Å². The number of benzene rings is 1. The van der Waals surface area contributed by atoms with Crippen LogP contribution in [0.5, 0.6) is 0 Å². The normalized spacial score (nSPS) is 11.4. The maximum atomic E-state index is 11.2. The zero-order valence-corrected chi connectivity index (χ0v) is 9.81. The molecule has 7 heteroatoms. The number of carbonyl (C=O) groups is 1. The highest BCUT2D eigenvalue weighted by Gasteiger charge is 2.21. The third kappa shape index (κ3) is 2.13. The Labute approximate surface area is 103 Å². The zero-order valence-electron chi connectivity index (χ0n) is 8.99. The van der Waals surface area contributed by atoms with Gasteiger partial charge in [0.05, 0.1) is 11.3 Å². The van der Waals surface area contributed by atoms with Crippen LogP contribution in [0.1, 0.15) is 10.4 Å². The predicted octanol–water partition coefficient (Wildman–Crippen LogP) is 1.63. The molecule has 0 aliphatic heterocycles. The molecule has 0 atom stereocenters. The third-order valence-corrected chi connectivity index (χ3v) is 3.31. The largest absolute Gasteiger partial charge is 0.478 e. The van der Waals surface area contributed by atoms with E-state index in [-0.39, 0.29) is 21.7 Å². The summed E-state index contributed by atoms with van der Waals surface area (Å²) in [5.74, 6) is -1.18. The Hall–Kier alpha value is -2.12. The first kappa shape index (κ1) is 12.3. The number of nitrogens with one attached hydrogen (secondary N) is 1. The molecule has 0 saturated heterocycles. The first-order valence-corrected chi connectivity index (χ1v) is 6.33. The minimum Gasteiger partial charge on any atom is -0.478 e. The summed E-state index contributed by atoms with van der Waals surface area (Å²) in [5, 5.41) is 9.03. The Morgan fingerprint density at radius 3 is 2.44 bits per heavy atom. The first-order chi connectivity index (χ1) is 8.41. The van der Waals surface area contributed by atoms with Gasteiger partial charge in [-0.1, -0.05) is 18.2 Å². The van der Waals surface area contributed by atoms with Crippen LogP contribution in [0.3, 0.4) is 0 Å². The van der Waals surface area contributed by atoms with E-state index in [0.717, 1.165) is 0 Å². The molecular weight excluding hydrogens is 258 g/mol. The van der Waals surface area contributed by atoms with Crippen molar-refractivity contribution in [3.8, 4) is 11.3 Å². The number of hydrogen-bond acceptors (Lipinski definition) is 3. The second kappa shape index (κ2) is 4.28. The van der Waals surface area contributed by atoms with Gasteiger partial charge in [-0.15, -0.1) is 0 Å². The maximum absolute atomic E-state index is 11.2. The summed E-state index contributed by atoms with van der Waals surface area (Å²) >= 11 is 0. The summed E-state index contributed by atoms with van der Waals surface area (Å²) in [5.41, 5.74) is 0.197. The van der Waals surface area contributed by atoms with E-state index in [9.17, 15) is 13.2 Å². The Morgan fingerprint density at radius 1 is 1.17 bits per heavy atom. The molecule has 1 aromatic carbocycles. The van der Waals surface area contributed by atoms with Crippen LogP contribution >= 0.6 is 0 Å². The van der Waals surface area contributed by atoms with Gasteiger partial charge >= 0.3 is 5.97 Å². The summed E-state index contributed by atoms with van der Waals surface area (Å²) in [6, 6.07) is 7.10. The van der Waals surface area contributed by atoms with E-state index in [0.29, 0.717) is 0 Å². The van der Waals surface area contributed by atoms with Crippen molar-refractivity contribution in [2.24, 2.45) is 0 Å². The van der Waals surface area contributed by atoms with E-state index >= 15 is 0 Å². The van der Waals surface area contributed by atoms with Crippen molar-refractivity contribution in [2.75, 3.05) is 0 Å². The quantitative estimate of drug-likeness (QED) is 0.732. The van der Waals surface area contributed by atoms with Crippen LogP contribution in [-0.4, -0.2) is 29.0 Å². The Balaban J connectivity index is 2.71. The second-order valence-corrected chi connectivity index (χ2v) is 4.93. The van der Waals surface area contributed by atoms with E-state index in [4.69, 9.17) is 9.66 Å². The van der Waals surface area contributed by atoms with E-state index < -0.39 is 16.1 Å². The predicted molar refractivity (Wildman–Crippen MR) is 63.0 cm³/mol. The number of aromatic nitrogens is 1. The SMILES string of the molecule is O=C(O)c1ccccc1-c1[nH]ccc1S(=O)(=O)O. The van der Waals surface area contributed by atoms with Crippen molar-refractivity contribution in [1.82, 2.24) is 4.98 Å². The van der Waals surface area contributed by atoms with Gasteiger partial charge in [0.25, 0.3) is 10.1 Å². The zero-order chi connectivity index (χ0) is 13.3. The average Bonchev–Trinajstić information content (AvgIpc) is 2.77. The number of hydrogen-bond donors (Lipinski definition) is 3. The van der Waals surface area contributed by atoms with Gasteiger partial charge in [-0.3, -0.25) is 4.55 Å². The summed E-state index contributed by atoms with van der Waals surface area (Å²) in [4.78, 5) is 13.3. The maximum Gasteiger partial charge on any atom is 0.336 e. The van der Waals surface area contributed by atoms with Crippen LogP contribution in [0.2, 0.25) is 0 Å². The molecule has 0 aliphatic rings. The molecule has 0 saturated carbocycles. The summed E-state index contributed by atoms with van der Waals surface area (Å²) < 4.78 is 31.4. The Bertz CT molecular complexity index is 702. The first-order valence-electron chi connectivity index (χ1n) is 4.89. The number of H-pyrrole nitrogens is 1. The molecule has 0 amide bonds. The van der Waals surface area contributed by atoms with Crippen LogP contribution in [0, 0.1) is 0 Å². The third-order valence-electron chi connectivity index (χ3n) is 2.41. The molecule has 0 fully saturated rings. The van der Waals surface area contributed by atoms with Crippen molar-refractivity contribution in [1.29, 1.82) is 0 Å². The van der Waals surface area contributed by atoms with Gasteiger partial charge in [0.2, 0.25) is 0 Å². The van der Waals surface area contributed by atoms with Crippen molar-refractivity contribution in [2.45, 2.75) is 4.90 Å². The number of aromatic amines is 1. The smallest absolute Gasteiger partial charge is 0.336 e. The average molecular weight is 267 g/mol. The lowest BCUT2D eigenvalue weighted by Crippen LogP contribution is -2.03. The molecule has 2 rings (SSSR count). The lowest BCUT2D eigenvalue weighted by atomic mass is 10.1. The Kier molecular flexibility index (Phi) is 2.93. The van der Waals surface area contributed by atoms with Crippen LogP contribution in [0.4, 0.5) is 0 Å². The molecule has 3 N–H and O–H groups in total. The van der Waals surface area contributed by atoms with Crippen molar-refractivity contribution >= 4 is 16.1 Å². The van der Waals surface area contributed by atoms with Crippen molar-refractivity contribution in [3.05, 3.63) is 42.1 Å². The molecular formula is C11H9NO5S. The van der Waals surface area contributed by atoms with E-state index in [1.807, 2.05) is 0 Å². The highest BCUT2D eigenvalue weighted by Crippen LogP contribution is 2.28. The minimum atomic E-state index is -4.40. The van der Waals surface area contributed by atoms with Crippen LogP contribution < -0.4 is 0 Å². The lowest BCUT2D eigenvalue weighted by molar-refractivity contribution is 0.0697. The summed E-state index contributed by atoms with van der Waals surface area (Å²) in [6.45, 7) is 0. The van der Waals surface area contributed by atoms with Crippen molar-refractivity contribution < 1.29 is 22.9 Å². The molecule has 1 heterocycles. The van der Waals surface area contributed by atoms with Crippen LogP contribution in [-0.2, 0) is 10.1 Å². The van der Waals surface area contributed by atoms with Crippen LogP contribution in [0.15, 0.2) is 41.4 Å². The highest BCUT2D eigenvalue weighted by atomic mass is 32.2. The fourth-order valence-corrected chi connectivity index (χ4v) is 2.34. The standard InChI is InChI=1S/C11H9NO5S/c13-11(14)8-4-2-1-3-7(8)10-9(5-6-12-10)18(15,16)17/h1-6,12H,(H,13,14)(H,15,16,17). The van der Waals surface area contributed by atoms with Crippen LogP contribution in [0.25, 0.3) is 11.3 Å². The molecule has 0 aliphatic carbocycles. The van der Waals surface area contributed by atoms with E-state index in [2.05, 4.69) is 4.98 Å². The number of carboxylic acid groups (broad SMARTS) is 1. The number of rotatable bonds is 3. The topological polar surface area (TPSA) is 107 Å². The molecule has 1 aromatic heterocycles. The van der Waals surface area contributed by atoms with Gasteiger partial charge in [-0.25, -0.2) is 4.79 Å². The van der Waals surface area contributed by atoms with Crippen molar-refractivity contribution in [3.63, 3.8) is 0 Å². The molecule has 0 bridgehead atoms. The number of aromatic carboxylic acids is 1. The summed E-state index contributed by atoms with van der Waals surface area (Å²) in [6.07, 6.45) is 1.32. The molecule has 18 heavy (non-hydrogen) atoms. The summed E-state index contributed by atoms with van der Waals surface area (Å²) in [7, 11) is -4.40. The molecule has 0 radical (unpaired) electrons. The molecule has 2 aromatic rings. The number of carboxylic acids is 1. The molecule has 6 nitrogen and oxygen atoms in total. The van der Waals surface area contributed by atoms with Gasteiger partial charge in [0, 0.05) is 11.8 Å². The minimum absolute atomic E-state index is 0.0511. The van der Waals surface area contributed by atoms with E-state index in [1.165, 1.54) is 30.5 Å². The lowest BCUT2D eigenvalue weighted by Gasteiger charge is -2.05. The van der Waals surface area contributed by atoms with Gasteiger partial charge in [-0.05, 0) is 12.1 Å². The Morgan fingerprint density at radius 2 is 1.83 bits per heavy atom. The fourth-order valence-electron chi connectivity index (χ4n) is 1.67. The molecule has 0 unspecified atom stereocenters. The van der Waals surface area contributed by atoms with Gasteiger partial charge < -0.3 is 10.1 Å².